The Morgan fingerprint density at radius 2 is 1.77 bits per heavy atom. The molecule has 1 aliphatic rings. The lowest BCUT2D eigenvalue weighted by Gasteiger charge is -2.27. The van der Waals surface area contributed by atoms with Crippen molar-refractivity contribution in [3.63, 3.8) is 0 Å². The highest BCUT2D eigenvalue weighted by Crippen LogP contribution is 2.36. The minimum atomic E-state index is -0.451. The molecule has 0 aliphatic carbocycles. The average molecular weight is 424 g/mol. The first kappa shape index (κ1) is 20.4. The Hall–Kier alpha value is -2.84. The Balaban J connectivity index is 1.57. The fourth-order valence-corrected chi connectivity index (χ4v) is 4.30. The van der Waals surface area contributed by atoms with Crippen molar-refractivity contribution >= 4 is 29.3 Å². The van der Waals surface area contributed by atoms with Crippen LogP contribution in [-0.4, -0.2) is 47.0 Å². The fourth-order valence-electron chi connectivity index (χ4n) is 3.30. The number of hydrogen-bond donors (Lipinski definition) is 1. The molecule has 1 aromatic heterocycles. The van der Waals surface area contributed by atoms with Gasteiger partial charge in [-0.25, -0.2) is 0 Å². The molecule has 2 heterocycles. The topological polar surface area (TPSA) is 72.3 Å². The molecular formula is C22H25N5O2S. The number of rotatable bonds is 6. The normalized spacial score (nSPS) is 15.1. The van der Waals surface area contributed by atoms with Gasteiger partial charge in [0.2, 0.25) is 11.9 Å². The zero-order valence-electron chi connectivity index (χ0n) is 17.1. The second-order valence-electron chi connectivity index (χ2n) is 7.20. The van der Waals surface area contributed by atoms with Gasteiger partial charge in [0.15, 0.2) is 5.16 Å². The first-order valence-corrected chi connectivity index (χ1v) is 10.8. The summed E-state index contributed by atoms with van der Waals surface area (Å²) in [5.41, 5.74) is 2.85. The average Bonchev–Trinajstić information content (AvgIpc) is 3.15. The van der Waals surface area contributed by atoms with Crippen molar-refractivity contribution in [1.29, 1.82) is 0 Å². The van der Waals surface area contributed by atoms with Crippen LogP contribution in [0.15, 0.2) is 59.8 Å². The smallest absolute Gasteiger partial charge is 0.242 e. The zero-order chi connectivity index (χ0) is 20.9. The second kappa shape index (κ2) is 9.32. The lowest BCUT2D eigenvalue weighted by molar-refractivity contribution is -0.115. The third-order valence-electron chi connectivity index (χ3n) is 4.99. The van der Waals surface area contributed by atoms with Gasteiger partial charge in [-0.15, -0.1) is 10.2 Å². The molecule has 1 N–H and O–H groups in total. The summed E-state index contributed by atoms with van der Waals surface area (Å²) in [6.07, 6.45) is 0. The minimum absolute atomic E-state index is 0.0917. The predicted molar refractivity (Wildman–Crippen MR) is 119 cm³/mol. The van der Waals surface area contributed by atoms with E-state index < -0.39 is 5.25 Å². The summed E-state index contributed by atoms with van der Waals surface area (Å²) in [6, 6.07) is 17.6. The van der Waals surface area contributed by atoms with E-state index in [1.165, 1.54) is 11.8 Å². The third-order valence-corrected chi connectivity index (χ3v) is 6.28. The monoisotopic (exact) mass is 423 g/mol. The molecule has 1 unspecified atom stereocenters. The first-order chi connectivity index (χ1) is 14.6. The Labute approximate surface area is 180 Å². The van der Waals surface area contributed by atoms with Crippen LogP contribution in [-0.2, 0) is 16.6 Å². The van der Waals surface area contributed by atoms with Gasteiger partial charge in [0.25, 0.3) is 0 Å². The number of nitrogens with zero attached hydrogens (tertiary/aromatic N) is 4. The van der Waals surface area contributed by atoms with E-state index in [0.29, 0.717) is 18.4 Å². The number of hydrogen-bond acceptors (Lipinski definition) is 6. The summed E-state index contributed by atoms with van der Waals surface area (Å²) in [6.45, 7) is 4.95. The summed E-state index contributed by atoms with van der Waals surface area (Å²) in [5, 5.41) is 12.0. The van der Waals surface area contributed by atoms with E-state index in [0.717, 1.165) is 35.9 Å². The van der Waals surface area contributed by atoms with Crippen LogP contribution < -0.4 is 10.2 Å². The SMILES string of the molecule is Cc1ccc(NC(=O)C(Sc2nnc(N3CCOCC3)n2C)c2ccccc2)cc1. The van der Waals surface area contributed by atoms with Crippen LogP contribution in [0.5, 0.6) is 0 Å². The van der Waals surface area contributed by atoms with E-state index in [2.05, 4.69) is 20.4 Å². The number of carbonyl (C=O) groups excluding carboxylic acids is 1. The van der Waals surface area contributed by atoms with Crippen LogP contribution >= 0.6 is 11.8 Å². The van der Waals surface area contributed by atoms with Gasteiger partial charge in [0, 0.05) is 25.8 Å². The molecule has 0 saturated carbocycles. The maximum absolute atomic E-state index is 13.2. The maximum Gasteiger partial charge on any atom is 0.242 e. The number of aromatic nitrogens is 3. The highest BCUT2D eigenvalue weighted by molar-refractivity contribution is 8.00. The van der Waals surface area contributed by atoms with Gasteiger partial charge in [-0.3, -0.25) is 9.36 Å². The van der Waals surface area contributed by atoms with Gasteiger partial charge in [0.05, 0.1) is 13.2 Å². The fraction of sp³-hybridized carbons (Fsp3) is 0.318. The van der Waals surface area contributed by atoms with Crippen molar-refractivity contribution in [1.82, 2.24) is 14.8 Å². The molecule has 1 saturated heterocycles. The molecular weight excluding hydrogens is 398 g/mol. The van der Waals surface area contributed by atoms with Crippen LogP contribution in [0.4, 0.5) is 11.6 Å². The Kier molecular flexibility index (Phi) is 6.35. The van der Waals surface area contributed by atoms with E-state index in [4.69, 9.17) is 4.74 Å². The molecule has 8 heteroatoms. The number of anilines is 2. The van der Waals surface area contributed by atoms with Gasteiger partial charge in [0.1, 0.15) is 5.25 Å². The molecule has 0 bridgehead atoms. The van der Waals surface area contributed by atoms with Gasteiger partial charge in [-0.1, -0.05) is 59.8 Å². The lowest BCUT2D eigenvalue weighted by atomic mass is 10.1. The number of ether oxygens (including phenoxy) is 1. The number of nitrogens with one attached hydrogen (secondary N) is 1. The minimum Gasteiger partial charge on any atom is -0.378 e. The number of carbonyl (C=O) groups is 1. The third kappa shape index (κ3) is 4.66. The van der Waals surface area contributed by atoms with Crippen molar-refractivity contribution in [3.8, 4) is 0 Å². The molecule has 30 heavy (non-hydrogen) atoms. The maximum atomic E-state index is 13.2. The van der Waals surface area contributed by atoms with Crippen LogP contribution in [0, 0.1) is 6.92 Å². The molecule has 1 aliphatic heterocycles. The highest BCUT2D eigenvalue weighted by atomic mass is 32.2. The van der Waals surface area contributed by atoms with Gasteiger partial charge in [-0.2, -0.15) is 0 Å². The molecule has 4 rings (SSSR count). The number of morpholine rings is 1. The van der Waals surface area contributed by atoms with Gasteiger partial charge in [-0.05, 0) is 24.6 Å². The predicted octanol–water partition coefficient (Wildman–Crippen LogP) is 3.43. The Morgan fingerprint density at radius 1 is 1.07 bits per heavy atom. The molecule has 2 aromatic carbocycles. The first-order valence-electron chi connectivity index (χ1n) is 9.93. The molecule has 1 amide bonds. The van der Waals surface area contributed by atoms with E-state index in [9.17, 15) is 4.79 Å². The van der Waals surface area contributed by atoms with Crippen LogP contribution in [0.1, 0.15) is 16.4 Å². The van der Waals surface area contributed by atoms with Crippen LogP contribution in [0.2, 0.25) is 0 Å². The largest absolute Gasteiger partial charge is 0.378 e. The highest BCUT2D eigenvalue weighted by Gasteiger charge is 2.26. The number of thioether (sulfide) groups is 1. The van der Waals surface area contributed by atoms with Crippen LogP contribution in [0.25, 0.3) is 0 Å². The molecule has 156 valence electrons. The molecule has 0 spiro atoms. The summed E-state index contributed by atoms with van der Waals surface area (Å²) >= 11 is 1.40. The van der Waals surface area contributed by atoms with E-state index in [-0.39, 0.29) is 5.91 Å². The molecule has 1 fully saturated rings. The lowest BCUT2D eigenvalue weighted by Crippen LogP contribution is -2.37. The van der Waals surface area contributed by atoms with Crippen LogP contribution in [0.3, 0.4) is 0 Å². The Bertz CT molecular complexity index is 985. The molecule has 1 atom stereocenters. The van der Waals surface area contributed by atoms with E-state index >= 15 is 0 Å². The zero-order valence-corrected chi connectivity index (χ0v) is 17.9. The van der Waals surface area contributed by atoms with E-state index in [1.54, 1.807) is 0 Å². The summed E-state index contributed by atoms with van der Waals surface area (Å²) in [4.78, 5) is 15.4. The van der Waals surface area contributed by atoms with Crippen molar-refractivity contribution in [2.75, 3.05) is 36.5 Å². The van der Waals surface area contributed by atoms with Crippen molar-refractivity contribution in [2.24, 2.45) is 7.05 Å². The number of benzene rings is 2. The molecule has 7 nitrogen and oxygen atoms in total. The number of amides is 1. The summed E-state index contributed by atoms with van der Waals surface area (Å²) in [7, 11) is 1.94. The van der Waals surface area contributed by atoms with Crippen molar-refractivity contribution in [3.05, 3.63) is 65.7 Å². The summed E-state index contributed by atoms with van der Waals surface area (Å²) in [5.74, 6) is 0.706. The van der Waals surface area contributed by atoms with Crippen molar-refractivity contribution in [2.45, 2.75) is 17.3 Å². The standard InChI is InChI=1S/C22H25N5O2S/c1-16-8-10-18(11-9-16)23-20(28)19(17-6-4-3-5-7-17)30-22-25-24-21(26(22)2)27-12-14-29-15-13-27/h3-11,19H,12-15H2,1-2H3,(H,23,28). The quantitative estimate of drug-likeness (QED) is 0.613. The molecule has 3 aromatic rings. The van der Waals surface area contributed by atoms with Crippen molar-refractivity contribution < 1.29 is 9.53 Å². The van der Waals surface area contributed by atoms with E-state index in [1.807, 2.05) is 73.1 Å². The molecule has 0 radical (unpaired) electrons. The second-order valence-corrected chi connectivity index (χ2v) is 8.28. The van der Waals surface area contributed by atoms with Gasteiger partial charge < -0.3 is 15.0 Å². The number of aryl methyl sites for hydroxylation is 1. The van der Waals surface area contributed by atoms with Gasteiger partial charge >= 0.3 is 0 Å². The summed E-state index contributed by atoms with van der Waals surface area (Å²) < 4.78 is 7.38. The Morgan fingerprint density at radius 3 is 2.47 bits per heavy atom.